The van der Waals surface area contributed by atoms with E-state index in [9.17, 15) is 14.4 Å². The summed E-state index contributed by atoms with van der Waals surface area (Å²) in [5.74, 6) is -2.61. The molecule has 1 aromatic carbocycles. The lowest BCUT2D eigenvalue weighted by Gasteiger charge is -2.03. The second kappa shape index (κ2) is 6.42. The predicted octanol–water partition coefficient (Wildman–Crippen LogP) is 1.16. The van der Waals surface area contributed by atoms with Gasteiger partial charge in [-0.2, -0.15) is 0 Å². The second-order valence-electron chi connectivity index (χ2n) is 3.43. The van der Waals surface area contributed by atoms with Gasteiger partial charge in [0.1, 0.15) is 19.4 Å². The van der Waals surface area contributed by atoms with Crippen LogP contribution in [0, 0.1) is 0 Å². The molecular formula is C12H12O5. The molecule has 0 aliphatic rings. The largest absolute Gasteiger partial charge is 0.481 e. The third kappa shape index (κ3) is 5.46. The van der Waals surface area contributed by atoms with Gasteiger partial charge in [0.25, 0.3) is 0 Å². The zero-order valence-electron chi connectivity index (χ0n) is 9.09. The molecule has 0 aliphatic heterocycles. The molecule has 0 aliphatic carbocycles. The first kappa shape index (κ1) is 12.9. The van der Waals surface area contributed by atoms with Crippen molar-refractivity contribution in [3.05, 3.63) is 35.9 Å². The van der Waals surface area contributed by atoms with Crippen LogP contribution < -0.4 is 0 Å². The number of ether oxygens (including phenoxy) is 1. The molecule has 0 atom stereocenters. The zero-order chi connectivity index (χ0) is 12.7. The number of carbonyl (C=O) groups is 3. The van der Waals surface area contributed by atoms with Crippen LogP contribution in [0.4, 0.5) is 0 Å². The molecule has 17 heavy (non-hydrogen) atoms. The summed E-state index contributed by atoms with van der Waals surface area (Å²) in [6.07, 6.45) is -1.15. The summed E-state index contributed by atoms with van der Waals surface area (Å²) in [5, 5.41) is 8.33. The molecule has 0 bridgehead atoms. The number of ketones is 1. The number of carbonyl (C=O) groups excluding carboxylic acids is 2. The van der Waals surface area contributed by atoms with Gasteiger partial charge in [-0.3, -0.25) is 14.4 Å². The summed E-state index contributed by atoms with van der Waals surface area (Å²) in [5.41, 5.74) is 0.812. The average Bonchev–Trinajstić information content (AvgIpc) is 2.26. The Bertz CT molecular complexity index is 410. The van der Waals surface area contributed by atoms with E-state index in [-0.39, 0.29) is 6.61 Å². The van der Waals surface area contributed by atoms with Crippen LogP contribution in [0.5, 0.6) is 0 Å². The molecule has 0 fully saturated rings. The van der Waals surface area contributed by atoms with Crippen LogP contribution in [0.3, 0.4) is 0 Å². The van der Waals surface area contributed by atoms with E-state index in [4.69, 9.17) is 9.84 Å². The Balaban J connectivity index is 2.31. The Hall–Kier alpha value is -2.17. The molecule has 0 radical (unpaired) electrons. The van der Waals surface area contributed by atoms with Crippen LogP contribution in [0.1, 0.15) is 18.4 Å². The highest BCUT2D eigenvalue weighted by atomic mass is 16.5. The number of benzene rings is 1. The summed E-state index contributed by atoms with van der Waals surface area (Å²) >= 11 is 0. The maximum absolute atomic E-state index is 11.2. The molecule has 90 valence electrons. The number of hydrogen-bond donors (Lipinski definition) is 1. The number of carboxylic acid groups (broad SMARTS) is 1. The van der Waals surface area contributed by atoms with Crippen molar-refractivity contribution in [1.82, 2.24) is 0 Å². The second-order valence-corrected chi connectivity index (χ2v) is 3.43. The molecule has 0 amide bonds. The number of aliphatic carboxylic acids is 1. The molecule has 0 aromatic heterocycles. The van der Waals surface area contributed by atoms with Crippen LogP contribution >= 0.6 is 0 Å². The molecule has 5 nitrogen and oxygen atoms in total. The van der Waals surface area contributed by atoms with Crippen molar-refractivity contribution >= 4 is 17.7 Å². The van der Waals surface area contributed by atoms with E-state index >= 15 is 0 Å². The van der Waals surface area contributed by atoms with Crippen molar-refractivity contribution in [2.24, 2.45) is 0 Å². The minimum atomic E-state index is -1.24. The van der Waals surface area contributed by atoms with E-state index in [1.54, 1.807) is 24.3 Å². The Labute approximate surface area is 98.0 Å². The lowest BCUT2D eigenvalue weighted by molar-refractivity contribution is -0.148. The predicted molar refractivity (Wildman–Crippen MR) is 58.1 cm³/mol. The van der Waals surface area contributed by atoms with E-state index in [1.165, 1.54) is 0 Å². The quantitative estimate of drug-likeness (QED) is 0.592. The van der Waals surface area contributed by atoms with Gasteiger partial charge in [-0.25, -0.2) is 0 Å². The lowest BCUT2D eigenvalue weighted by atomic mass is 10.2. The summed E-state index contributed by atoms with van der Waals surface area (Å²) in [6.45, 7) is 0.0834. The summed E-state index contributed by atoms with van der Waals surface area (Å²) in [4.78, 5) is 32.4. The van der Waals surface area contributed by atoms with Gasteiger partial charge in [0.2, 0.25) is 0 Å². The molecule has 0 unspecified atom stereocenters. The smallest absolute Gasteiger partial charge is 0.313 e. The lowest BCUT2D eigenvalue weighted by Crippen LogP contribution is -2.14. The van der Waals surface area contributed by atoms with Gasteiger partial charge in [-0.1, -0.05) is 30.3 Å². The summed E-state index contributed by atoms with van der Waals surface area (Å²) in [7, 11) is 0. The van der Waals surface area contributed by atoms with E-state index in [0.29, 0.717) is 0 Å². The standard InChI is InChI=1S/C12H12O5/c13-10(6-11(14)15)7-12(16)17-8-9-4-2-1-3-5-9/h1-5H,6-8H2,(H,14,15). The van der Waals surface area contributed by atoms with Crippen molar-refractivity contribution in [2.75, 3.05) is 0 Å². The van der Waals surface area contributed by atoms with Gasteiger partial charge in [0, 0.05) is 0 Å². The van der Waals surface area contributed by atoms with Crippen LogP contribution in [0.25, 0.3) is 0 Å². The van der Waals surface area contributed by atoms with Crippen molar-refractivity contribution in [3.63, 3.8) is 0 Å². The SMILES string of the molecule is O=C(O)CC(=O)CC(=O)OCc1ccccc1. The fourth-order valence-corrected chi connectivity index (χ4v) is 1.18. The van der Waals surface area contributed by atoms with Crippen LogP contribution in [0.15, 0.2) is 30.3 Å². The monoisotopic (exact) mass is 236 g/mol. The van der Waals surface area contributed by atoms with Crippen LogP contribution in [-0.4, -0.2) is 22.8 Å². The van der Waals surface area contributed by atoms with E-state index in [2.05, 4.69) is 0 Å². The number of carboxylic acids is 1. The van der Waals surface area contributed by atoms with Crippen LogP contribution in [0.2, 0.25) is 0 Å². The molecule has 0 heterocycles. The normalized spacial score (nSPS) is 9.65. The average molecular weight is 236 g/mol. The Morgan fingerprint density at radius 1 is 1.06 bits per heavy atom. The van der Waals surface area contributed by atoms with Crippen molar-refractivity contribution in [3.8, 4) is 0 Å². The van der Waals surface area contributed by atoms with E-state index in [1.807, 2.05) is 6.07 Å². The van der Waals surface area contributed by atoms with Gasteiger partial charge in [-0.15, -0.1) is 0 Å². The highest BCUT2D eigenvalue weighted by molar-refractivity contribution is 6.03. The summed E-state index contributed by atoms with van der Waals surface area (Å²) in [6, 6.07) is 9.01. The van der Waals surface area contributed by atoms with Gasteiger partial charge in [-0.05, 0) is 5.56 Å². The number of esters is 1. The number of hydrogen-bond acceptors (Lipinski definition) is 4. The first-order valence-electron chi connectivity index (χ1n) is 5.01. The highest BCUT2D eigenvalue weighted by Gasteiger charge is 2.13. The van der Waals surface area contributed by atoms with Crippen molar-refractivity contribution in [2.45, 2.75) is 19.4 Å². The minimum Gasteiger partial charge on any atom is -0.481 e. The third-order valence-electron chi connectivity index (χ3n) is 1.93. The summed E-state index contributed by atoms with van der Waals surface area (Å²) < 4.78 is 4.83. The van der Waals surface area contributed by atoms with Gasteiger partial charge in [0.05, 0.1) is 0 Å². The van der Waals surface area contributed by atoms with Gasteiger partial charge in [0.15, 0.2) is 5.78 Å². The topological polar surface area (TPSA) is 80.7 Å². The minimum absolute atomic E-state index is 0.0834. The van der Waals surface area contributed by atoms with Crippen LogP contribution in [-0.2, 0) is 25.7 Å². The number of rotatable bonds is 6. The maximum atomic E-state index is 11.2. The molecule has 1 rings (SSSR count). The van der Waals surface area contributed by atoms with Gasteiger partial charge >= 0.3 is 11.9 Å². The fourth-order valence-electron chi connectivity index (χ4n) is 1.18. The highest BCUT2D eigenvalue weighted by Crippen LogP contribution is 2.02. The molecule has 0 spiro atoms. The first-order chi connectivity index (χ1) is 8.08. The molecule has 0 saturated heterocycles. The maximum Gasteiger partial charge on any atom is 0.313 e. The Morgan fingerprint density at radius 2 is 1.71 bits per heavy atom. The van der Waals surface area contributed by atoms with Gasteiger partial charge < -0.3 is 9.84 Å². The Kier molecular flexibility index (Phi) is 4.87. The zero-order valence-corrected chi connectivity index (χ0v) is 9.09. The van der Waals surface area contributed by atoms with E-state index in [0.717, 1.165) is 5.56 Å². The van der Waals surface area contributed by atoms with Crippen molar-refractivity contribution < 1.29 is 24.2 Å². The molecule has 5 heteroatoms. The first-order valence-corrected chi connectivity index (χ1v) is 5.01. The molecular weight excluding hydrogens is 224 g/mol. The molecule has 0 saturated carbocycles. The Morgan fingerprint density at radius 3 is 2.29 bits per heavy atom. The molecule has 1 N–H and O–H groups in total. The van der Waals surface area contributed by atoms with Crippen molar-refractivity contribution in [1.29, 1.82) is 0 Å². The third-order valence-corrected chi connectivity index (χ3v) is 1.93. The fraction of sp³-hybridized carbons (Fsp3) is 0.250. The van der Waals surface area contributed by atoms with E-state index < -0.39 is 30.6 Å². The molecule has 1 aromatic rings. The number of Topliss-reactive ketones (excluding diaryl/α,β-unsaturated/α-hetero) is 1.